The van der Waals surface area contributed by atoms with Gasteiger partial charge in [0, 0.05) is 25.2 Å². The minimum Gasteiger partial charge on any atom is -0.368 e. The normalized spacial score (nSPS) is 15.0. The van der Waals surface area contributed by atoms with Gasteiger partial charge in [0.15, 0.2) is 0 Å². The molecule has 1 saturated heterocycles. The highest BCUT2D eigenvalue weighted by molar-refractivity contribution is 5.87. The fourth-order valence-electron chi connectivity index (χ4n) is 3.82. The number of carbonyl (C=O) groups excluding carboxylic acids is 2. The van der Waals surface area contributed by atoms with E-state index in [0.29, 0.717) is 47.4 Å². The second-order valence-corrected chi connectivity index (χ2v) is 7.60. The van der Waals surface area contributed by atoms with Crippen LogP contribution in [0.15, 0.2) is 48.8 Å². The smallest absolute Gasteiger partial charge is 0.240 e. The highest BCUT2D eigenvalue weighted by atomic mass is 16.2. The summed E-state index contributed by atoms with van der Waals surface area (Å²) in [5, 5.41) is 15.4. The predicted molar refractivity (Wildman–Crippen MR) is 124 cm³/mol. The zero-order valence-corrected chi connectivity index (χ0v) is 17.9. The van der Waals surface area contributed by atoms with Gasteiger partial charge in [-0.25, -0.2) is 15.0 Å². The van der Waals surface area contributed by atoms with Crippen LogP contribution in [0, 0.1) is 11.3 Å². The van der Waals surface area contributed by atoms with Crippen molar-refractivity contribution in [3.8, 4) is 17.3 Å². The molecule has 10 nitrogen and oxygen atoms in total. The molecule has 3 aromatic rings. The lowest BCUT2D eigenvalue weighted by Gasteiger charge is -2.25. The van der Waals surface area contributed by atoms with Crippen molar-refractivity contribution in [2.24, 2.45) is 5.73 Å². The first-order chi connectivity index (χ1) is 15.9. The standard InChI is InChI=1S/C23H22N8O2/c1-14(32)28-21-7-5-17(13-27-21)29-23-26-9-8-18(30-23)15-4-6-19(16(11-15)12-24)31-10-2-3-20(31)22(25)33/h4-9,11,13,20H,2-3,10H2,1H3,(H2,25,33)(H,26,29,30)(H,27,28,32)/t20-/m1/s1. The monoisotopic (exact) mass is 442 g/mol. The molecule has 4 rings (SSSR count). The number of nitrogens with zero attached hydrogens (tertiary/aromatic N) is 5. The molecule has 0 unspecified atom stereocenters. The minimum atomic E-state index is -0.400. The third-order valence-corrected chi connectivity index (χ3v) is 5.28. The van der Waals surface area contributed by atoms with Crippen molar-refractivity contribution in [3.05, 3.63) is 54.4 Å². The molecule has 1 aromatic carbocycles. The zero-order valence-electron chi connectivity index (χ0n) is 17.9. The molecule has 2 amide bonds. The third kappa shape index (κ3) is 4.88. The molecule has 0 aliphatic carbocycles. The van der Waals surface area contributed by atoms with Crippen LogP contribution in [0.25, 0.3) is 11.3 Å². The lowest BCUT2D eigenvalue weighted by molar-refractivity contribution is -0.119. The number of hydrogen-bond acceptors (Lipinski definition) is 8. The minimum absolute atomic E-state index is 0.197. The topological polar surface area (TPSA) is 150 Å². The Kier molecular flexibility index (Phi) is 6.13. The van der Waals surface area contributed by atoms with Gasteiger partial charge in [0.05, 0.1) is 28.8 Å². The summed E-state index contributed by atoms with van der Waals surface area (Å²) in [4.78, 5) is 37.7. The van der Waals surface area contributed by atoms with Crippen molar-refractivity contribution in [2.75, 3.05) is 22.1 Å². The van der Waals surface area contributed by atoms with E-state index in [1.807, 2.05) is 17.0 Å². The Morgan fingerprint density at radius 3 is 2.76 bits per heavy atom. The van der Waals surface area contributed by atoms with Crippen molar-refractivity contribution >= 4 is 35.0 Å². The number of pyridine rings is 1. The second-order valence-electron chi connectivity index (χ2n) is 7.60. The van der Waals surface area contributed by atoms with Crippen molar-refractivity contribution in [1.82, 2.24) is 15.0 Å². The van der Waals surface area contributed by atoms with Crippen LogP contribution in [0.1, 0.15) is 25.3 Å². The van der Waals surface area contributed by atoms with Gasteiger partial charge in [0.1, 0.15) is 17.9 Å². The number of benzene rings is 1. The maximum Gasteiger partial charge on any atom is 0.240 e. The van der Waals surface area contributed by atoms with E-state index >= 15 is 0 Å². The van der Waals surface area contributed by atoms with Crippen LogP contribution in [0.3, 0.4) is 0 Å². The number of hydrogen-bond donors (Lipinski definition) is 3. The summed E-state index contributed by atoms with van der Waals surface area (Å²) < 4.78 is 0. The number of aromatic nitrogens is 3. The van der Waals surface area contributed by atoms with Crippen molar-refractivity contribution < 1.29 is 9.59 Å². The molecule has 1 aliphatic heterocycles. The molecule has 0 bridgehead atoms. The van der Waals surface area contributed by atoms with Crippen molar-refractivity contribution in [1.29, 1.82) is 5.26 Å². The van der Waals surface area contributed by atoms with Gasteiger partial charge in [0.25, 0.3) is 0 Å². The summed E-state index contributed by atoms with van der Waals surface area (Å²) in [5.41, 5.74) is 8.71. The van der Waals surface area contributed by atoms with Gasteiger partial charge in [-0.2, -0.15) is 5.26 Å². The summed E-state index contributed by atoms with van der Waals surface area (Å²) in [7, 11) is 0. The molecule has 3 heterocycles. The molecule has 1 atom stereocenters. The number of carbonyl (C=O) groups is 2. The number of nitrogens with one attached hydrogen (secondary N) is 2. The maximum absolute atomic E-state index is 11.8. The Hall–Kier alpha value is -4.52. The fraction of sp³-hybridized carbons (Fsp3) is 0.217. The number of nitriles is 1. The molecule has 33 heavy (non-hydrogen) atoms. The van der Waals surface area contributed by atoms with Gasteiger partial charge in [-0.05, 0) is 43.2 Å². The van der Waals surface area contributed by atoms with Crippen LogP contribution in [0.2, 0.25) is 0 Å². The first-order valence-corrected chi connectivity index (χ1v) is 10.4. The van der Waals surface area contributed by atoms with Crippen molar-refractivity contribution in [2.45, 2.75) is 25.8 Å². The molecule has 1 aliphatic rings. The number of anilines is 4. The van der Waals surface area contributed by atoms with Crippen molar-refractivity contribution in [3.63, 3.8) is 0 Å². The predicted octanol–water partition coefficient (Wildman–Crippen LogP) is 2.57. The molecule has 1 fully saturated rings. The van der Waals surface area contributed by atoms with Crippen LogP contribution in [0.5, 0.6) is 0 Å². The molecule has 10 heteroatoms. The number of rotatable bonds is 6. The van der Waals surface area contributed by atoms with E-state index in [2.05, 4.69) is 31.7 Å². The molecular weight excluding hydrogens is 420 g/mol. The quantitative estimate of drug-likeness (QED) is 0.527. The lowest BCUT2D eigenvalue weighted by atomic mass is 10.0. The summed E-state index contributed by atoms with van der Waals surface area (Å²) in [5.74, 6) is 0.226. The van der Waals surface area contributed by atoms with E-state index in [-0.39, 0.29) is 11.8 Å². The van der Waals surface area contributed by atoms with Crippen LogP contribution in [-0.4, -0.2) is 39.4 Å². The van der Waals surface area contributed by atoms with Crippen LogP contribution >= 0.6 is 0 Å². The van der Waals surface area contributed by atoms with Gasteiger partial charge in [-0.1, -0.05) is 6.07 Å². The molecule has 0 spiro atoms. The number of amides is 2. The van der Waals surface area contributed by atoms with E-state index < -0.39 is 6.04 Å². The largest absolute Gasteiger partial charge is 0.368 e. The average Bonchev–Trinajstić information content (AvgIpc) is 3.30. The molecule has 4 N–H and O–H groups in total. The third-order valence-electron chi connectivity index (χ3n) is 5.28. The number of primary amides is 1. The Morgan fingerprint density at radius 1 is 1.21 bits per heavy atom. The highest BCUT2D eigenvalue weighted by Crippen LogP contribution is 2.31. The van der Waals surface area contributed by atoms with Crippen LogP contribution in [-0.2, 0) is 9.59 Å². The Morgan fingerprint density at radius 2 is 2.06 bits per heavy atom. The van der Waals surface area contributed by atoms with Gasteiger partial charge >= 0.3 is 0 Å². The van der Waals surface area contributed by atoms with E-state index in [9.17, 15) is 14.9 Å². The van der Waals surface area contributed by atoms with Gasteiger partial charge in [-0.3, -0.25) is 9.59 Å². The first kappa shape index (κ1) is 21.7. The maximum atomic E-state index is 11.8. The first-order valence-electron chi connectivity index (χ1n) is 10.4. The zero-order chi connectivity index (χ0) is 23.4. The van der Waals surface area contributed by atoms with Gasteiger partial charge in [0.2, 0.25) is 17.8 Å². The molecule has 2 aromatic heterocycles. The Bertz CT molecular complexity index is 1240. The Balaban J connectivity index is 1.56. The molecular formula is C23H22N8O2. The van der Waals surface area contributed by atoms with E-state index in [4.69, 9.17) is 5.73 Å². The van der Waals surface area contributed by atoms with E-state index in [1.165, 1.54) is 6.92 Å². The molecule has 166 valence electrons. The molecule has 0 radical (unpaired) electrons. The van der Waals surface area contributed by atoms with Gasteiger partial charge in [-0.15, -0.1) is 0 Å². The van der Waals surface area contributed by atoms with Gasteiger partial charge < -0.3 is 21.3 Å². The highest BCUT2D eigenvalue weighted by Gasteiger charge is 2.30. The fourth-order valence-corrected chi connectivity index (χ4v) is 3.82. The Labute approximate surface area is 190 Å². The summed E-state index contributed by atoms with van der Waals surface area (Å²) in [6.07, 6.45) is 4.72. The lowest BCUT2D eigenvalue weighted by Crippen LogP contribution is -2.40. The second kappa shape index (κ2) is 9.32. The average molecular weight is 442 g/mol. The van der Waals surface area contributed by atoms with E-state index in [1.54, 1.807) is 36.7 Å². The van der Waals surface area contributed by atoms with Crippen LogP contribution in [0.4, 0.5) is 23.1 Å². The summed E-state index contributed by atoms with van der Waals surface area (Å²) in [6, 6.07) is 12.4. The SMILES string of the molecule is CC(=O)Nc1ccc(Nc2nccc(-c3ccc(N4CCC[C@@H]4C(N)=O)c(C#N)c3)n2)cn1. The summed E-state index contributed by atoms with van der Waals surface area (Å²) >= 11 is 0. The van der Waals surface area contributed by atoms with E-state index in [0.717, 1.165) is 12.0 Å². The van der Waals surface area contributed by atoms with Crippen LogP contribution < -0.4 is 21.3 Å². The summed E-state index contributed by atoms with van der Waals surface area (Å²) in [6.45, 7) is 2.09. The molecule has 0 saturated carbocycles. The number of nitrogens with two attached hydrogens (primary N) is 1.